The van der Waals surface area contributed by atoms with E-state index in [1.54, 1.807) is 6.08 Å². The summed E-state index contributed by atoms with van der Waals surface area (Å²) in [6.07, 6.45) is 15.5. The molecule has 0 aliphatic carbocycles. The largest absolute Gasteiger partial charge is 0.463 e. The number of esters is 3. The minimum Gasteiger partial charge on any atom is -0.463 e. The zero-order valence-electron chi connectivity index (χ0n) is 19.2. The van der Waals surface area contributed by atoms with Crippen molar-refractivity contribution in [1.29, 1.82) is 0 Å². The van der Waals surface area contributed by atoms with Gasteiger partial charge in [0.15, 0.2) is 12.2 Å². The molecule has 172 valence electrons. The second kappa shape index (κ2) is 15.2. The van der Waals surface area contributed by atoms with Gasteiger partial charge in [0, 0.05) is 18.2 Å². The highest BCUT2D eigenvalue weighted by atomic mass is 16.6. The zero-order valence-corrected chi connectivity index (χ0v) is 19.2. The number of hydrogen-bond acceptors (Lipinski definition) is 6. The number of cyclic esters (lactones) is 1. The van der Waals surface area contributed by atoms with Crippen LogP contribution in [0.5, 0.6) is 0 Å². The molecule has 0 bridgehead atoms. The van der Waals surface area contributed by atoms with Gasteiger partial charge in [0.05, 0.1) is 6.61 Å². The lowest BCUT2D eigenvalue weighted by molar-refractivity contribution is -0.156. The molecule has 1 unspecified atom stereocenters. The minimum absolute atomic E-state index is 0.307. The SMILES string of the molecule is CCCCCCC(C)/C=C(C)/C=C/C(=O)O[C@H]1C=CC(=O)O[C@H]1/C=C/C(=O)OCCC. The Bertz CT molecular complexity index is 701. The highest BCUT2D eigenvalue weighted by molar-refractivity contribution is 5.86. The number of ether oxygens (including phenoxy) is 3. The van der Waals surface area contributed by atoms with Crippen LogP contribution in [0.4, 0.5) is 0 Å². The van der Waals surface area contributed by atoms with E-state index >= 15 is 0 Å². The van der Waals surface area contributed by atoms with Crippen LogP contribution < -0.4 is 0 Å². The van der Waals surface area contributed by atoms with Gasteiger partial charge in [-0.3, -0.25) is 0 Å². The normalized spacial score (nSPS) is 20.1. The standard InChI is InChI=1S/C25H36O6/c1-5-7-8-9-10-19(3)18-20(4)11-14-24(27)30-22-13-16-25(28)31-21(22)12-15-23(26)29-17-6-2/h11-16,18-19,21-22H,5-10,17H2,1-4H3/b14-11+,15-12+,20-18+/t19?,21-,22-/m0/s1. The topological polar surface area (TPSA) is 78.9 Å². The Morgan fingerprint density at radius 3 is 2.58 bits per heavy atom. The molecule has 0 radical (unpaired) electrons. The van der Waals surface area contributed by atoms with Gasteiger partial charge in [0.2, 0.25) is 0 Å². The van der Waals surface area contributed by atoms with Gasteiger partial charge in [-0.05, 0) is 37.8 Å². The molecule has 1 aliphatic rings. The predicted molar refractivity (Wildman–Crippen MR) is 120 cm³/mol. The minimum atomic E-state index is -0.885. The molecule has 0 aromatic carbocycles. The number of carbonyl (C=O) groups is 3. The van der Waals surface area contributed by atoms with E-state index in [9.17, 15) is 14.4 Å². The Balaban J connectivity index is 2.60. The molecule has 0 saturated heterocycles. The number of unbranched alkanes of at least 4 members (excludes halogenated alkanes) is 3. The average molecular weight is 433 g/mol. The smallest absolute Gasteiger partial charge is 0.331 e. The predicted octanol–water partition coefficient (Wildman–Crippen LogP) is 5.00. The van der Waals surface area contributed by atoms with E-state index in [1.807, 2.05) is 13.8 Å². The maximum atomic E-state index is 12.2. The fourth-order valence-corrected chi connectivity index (χ4v) is 3.06. The fraction of sp³-hybridized carbons (Fsp3) is 0.560. The van der Waals surface area contributed by atoms with Crippen molar-refractivity contribution in [3.63, 3.8) is 0 Å². The average Bonchev–Trinajstić information content (AvgIpc) is 2.74. The summed E-state index contributed by atoms with van der Waals surface area (Å²) in [5.41, 5.74) is 0.987. The van der Waals surface area contributed by atoms with Gasteiger partial charge >= 0.3 is 17.9 Å². The van der Waals surface area contributed by atoms with Crippen LogP contribution in [0.2, 0.25) is 0 Å². The molecule has 1 aliphatic heterocycles. The van der Waals surface area contributed by atoms with E-state index in [2.05, 4.69) is 19.9 Å². The molecule has 0 saturated carbocycles. The molecule has 6 nitrogen and oxygen atoms in total. The van der Waals surface area contributed by atoms with E-state index in [0.29, 0.717) is 18.9 Å². The maximum Gasteiger partial charge on any atom is 0.331 e. The van der Waals surface area contributed by atoms with Crippen molar-refractivity contribution in [3.05, 3.63) is 48.1 Å². The Hall–Kier alpha value is -2.63. The first-order chi connectivity index (χ1) is 14.8. The summed E-state index contributed by atoms with van der Waals surface area (Å²) in [6, 6.07) is 0. The van der Waals surface area contributed by atoms with Crippen LogP contribution in [0.25, 0.3) is 0 Å². The van der Waals surface area contributed by atoms with E-state index in [0.717, 1.165) is 12.0 Å². The summed E-state index contributed by atoms with van der Waals surface area (Å²) in [5.74, 6) is -1.21. The summed E-state index contributed by atoms with van der Waals surface area (Å²) in [7, 11) is 0. The first-order valence-electron chi connectivity index (χ1n) is 11.2. The van der Waals surface area contributed by atoms with E-state index < -0.39 is 30.1 Å². The first-order valence-corrected chi connectivity index (χ1v) is 11.2. The number of allylic oxidation sites excluding steroid dienone is 3. The van der Waals surface area contributed by atoms with Gasteiger partial charge in [0.25, 0.3) is 0 Å². The van der Waals surface area contributed by atoms with Crippen molar-refractivity contribution in [2.75, 3.05) is 6.61 Å². The molecule has 0 amide bonds. The molecule has 6 heteroatoms. The third kappa shape index (κ3) is 12.0. The van der Waals surface area contributed by atoms with Crippen LogP contribution in [0.15, 0.2) is 48.1 Å². The van der Waals surface area contributed by atoms with Crippen molar-refractivity contribution >= 4 is 17.9 Å². The van der Waals surface area contributed by atoms with E-state index in [4.69, 9.17) is 14.2 Å². The molecule has 0 N–H and O–H groups in total. The van der Waals surface area contributed by atoms with E-state index in [-0.39, 0.29) is 0 Å². The number of carbonyl (C=O) groups excluding carboxylic acids is 3. The summed E-state index contributed by atoms with van der Waals surface area (Å²) in [4.78, 5) is 35.4. The number of rotatable bonds is 13. The highest BCUT2D eigenvalue weighted by Gasteiger charge is 2.27. The first kappa shape index (κ1) is 26.4. The van der Waals surface area contributed by atoms with E-state index in [1.165, 1.54) is 56.1 Å². The lowest BCUT2D eigenvalue weighted by atomic mass is 10.00. The summed E-state index contributed by atoms with van der Waals surface area (Å²) < 4.78 is 15.5. The van der Waals surface area contributed by atoms with Gasteiger partial charge in [0.1, 0.15) is 0 Å². The van der Waals surface area contributed by atoms with Crippen molar-refractivity contribution in [1.82, 2.24) is 0 Å². The Labute approximate surface area is 186 Å². The van der Waals surface area contributed by atoms with Crippen LogP contribution >= 0.6 is 0 Å². The molecule has 1 heterocycles. The second-order valence-corrected chi connectivity index (χ2v) is 7.76. The van der Waals surface area contributed by atoms with Crippen LogP contribution in [0.3, 0.4) is 0 Å². The van der Waals surface area contributed by atoms with Gasteiger partial charge in [-0.25, -0.2) is 14.4 Å². The van der Waals surface area contributed by atoms with Crippen molar-refractivity contribution in [2.24, 2.45) is 5.92 Å². The molecular formula is C25H36O6. The highest BCUT2D eigenvalue weighted by Crippen LogP contribution is 2.16. The third-order valence-electron chi connectivity index (χ3n) is 4.66. The van der Waals surface area contributed by atoms with Crippen molar-refractivity contribution in [3.8, 4) is 0 Å². The summed E-state index contributed by atoms with van der Waals surface area (Å²) in [5, 5.41) is 0. The van der Waals surface area contributed by atoms with Gasteiger partial charge in [-0.15, -0.1) is 0 Å². The van der Waals surface area contributed by atoms with Gasteiger partial charge < -0.3 is 14.2 Å². The lowest BCUT2D eigenvalue weighted by Gasteiger charge is -2.24. The summed E-state index contributed by atoms with van der Waals surface area (Å²) >= 11 is 0. The molecule has 1 rings (SSSR count). The third-order valence-corrected chi connectivity index (χ3v) is 4.66. The van der Waals surface area contributed by atoms with Gasteiger partial charge in [-0.1, -0.05) is 64.2 Å². The lowest BCUT2D eigenvalue weighted by Crippen LogP contribution is -2.35. The Morgan fingerprint density at radius 2 is 1.87 bits per heavy atom. The van der Waals surface area contributed by atoms with Crippen molar-refractivity contribution < 1.29 is 28.6 Å². The van der Waals surface area contributed by atoms with Crippen LogP contribution in [0, 0.1) is 5.92 Å². The molecule has 3 atom stereocenters. The van der Waals surface area contributed by atoms with Crippen molar-refractivity contribution in [2.45, 2.75) is 78.4 Å². The molecular weight excluding hydrogens is 396 g/mol. The monoisotopic (exact) mass is 432 g/mol. The molecule has 0 aromatic heterocycles. The fourth-order valence-electron chi connectivity index (χ4n) is 3.06. The number of hydrogen-bond donors (Lipinski definition) is 0. The zero-order chi connectivity index (χ0) is 23.1. The van der Waals surface area contributed by atoms with Crippen LogP contribution in [-0.4, -0.2) is 36.7 Å². The maximum absolute atomic E-state index is 12.2. The molecule has 31 heavy (non-hydrogen) atoms. The van der Waals surface area contributed by atoms with Crippen LogP contribution in [0.1, 0.15) is 66.2 Å². The molecule has 0 fully saturated rings. The second-order valence-electron chi connectivity index (χ2n) is 7.76. The van der Waals surface area contributed by atoms with Gasteiger partial charge in [-0.2, -0.15) is 0 Å². The van der Waals surface area contributed by atoms with Crippen LogP contribution in [-0.2, 0) is 28.6 Å². The summed E-state index contributed by atoms with van der Waals surface area (Å²) in [6.45, 7) is 8.51. The quantitative estimate of drug-likeness (QED) is 0.134. The molecule has 0 spiro atoms. The Morgan fingerprint density at radius 1 is 1.10 bits per heavy atom. The molecule has 0 aromatic rings. The Kier molecular flexibility index (Phi) is 13.0.